The van der Waals surface area contributed by atoms with E-state index < -0.39 is 59.9 Å². The van der Waals surface area contributed by atoms with Gasteiger partial charge in [-0.15, -0.1) is 0 Å². The van der Waals surface area contributed by atoms with Gasteiger partial charge >= 0.3 is 23.7 Å². The molecule has 22 heavy (non-hydrogen) atoms. The first-order valence-electron chi connectivity index (χ1n) is 5.46. The van der Waals surface area contributed by atoms with Crippen LogP contribution in [0.15, 0.2) is 0 Å². The van der Waals surface area contributed by atoms with Crippen LogP contribution in [0.3, 0.4) is 0 Å². The average Bonchev–Trinajstić information content (AvgIpc) is 2.33. The van der Waals surface area contributed by atoms with Crippen LogP contribution in [-0.4, -0.2) is 34.2 Å². The summed E-state index contributed by atoms with van der Waals surface area (Å²) in [5.74, 6) is -24.2. The standard InChI is InChI=1S/C10H8Cl2F8O2/c11-5(21)1-3-7(13,14)9(17,18)10(19,20)8(15,16)4-2-6(12)22/h1-4H2. The molecule has 0 amide bonds. The van der Waals surface area contributed by atoms with Crippen LogP contribution in [0.5, 0.6) is 0 Å². The lowest BCUT2D eigenvalue weighted by molar-refractivity contribution is -0.367. The molecule has 0 bridgehead atoms. The lowest BCUT2D eigenvalue weighted by atomic mass is 9.93. The van der Waals surface area contributed by atoms with Gasteiger partial charge in [0.2, 0.25) is 10.5 Å². The first-order chi connectivity index (χ1) is 9.58. The van der Waals surface area contributed by atoms with Crippen molar-refractivity contribution in [2.75, 3.05) is 0 Å². The number of alkyl halides is 8. The van der Waals surface area contributed by atoms with Crippen molar-refractivity contribution in [3.8, 4) is 0 Å². The Labute approximate surface area is 128 Å². The third kappa shape index (κ3) is 4.43. The Bertz CT molecular complexity index is 399. The van der Waals surface area contributed by atoms with Gasteiger partial charge in [0.25, 0.3) is 0 Å². The zero-order valence-corrected chi connectivity index (χ0v) is 11.9. The number of rotatable bonds is 9. The summed E-state index contributed by atoms with van der Waals surface area (Å²) in [6.07, 6.45) is -7.15. The van der Waals surface area contributed by atoms with E-state index in [4.69, 9.17) is 0 Å². The predicted octanol–water partition coefficient (Wildman–Crippen LogP) is 4.62. The molecule has 130 valence electrons. The summed E-state index contributed by atoms with van der Waals surface area (Å²) in [6, 6.07) is 0. The summed E-state index contributed by atoms with van der Waals surface area (Å²) < 4.78 is 105. The Morgan fingerprint density at radius 2 is 0.864 bits per heavy atom. The summed E-state index contributed by atoms with van der Waals surface area (Å²) in [5, 5.41) is -3.06. The largest absolute Gasteiger partial charge is 0.378 e. The molecule has 0 aromatic rings. The first kappa shape index (κ1) is 21.4. The molecular formula is C10H8Cl2F8O2. The summed E-state index contributed by atoms with van der Waals surface area (Å²) in [5.41, 5.74) is 0. The molecule has 0 spiro atoms. The summed E-state index contributed by atoms with van der Waals surface area (Å²) in [4.78, 5) is 20.5. The van der Waals surface area contributed by atoms with Crippen molar-refractivity contribution in [3.05, 3.63) is 0 Å². The van der Waals surface area contributed by atoms with Gasteiger partial charge in [-0.05, 0) is 23.2 Å². The van der Waals surface area contributed by atoms with Gasteiger partial charge in [-0.1, -0.05) is 0 Å². The van der Waals surface area contributed by atoms with E-state index in [0.29, 0.717) is 0 Å². The fourth-order valence-electron chi connectivity index (χ4n) is 1.28. The second-order valence-corrected chi connectivity index (χ2v) is 5.11. The second-order valence-electron chi connectivity index (χ2n) is 4.27. The van der Waals surface area contributed by atoms with Crippen molar-refractivity contribution in [2.45, 2.75) is 49.4 Å². The van der Waals surface area contributed by atoms with E-state index in [1.54, 1.807) is 0 Å². The van der Waals surface area contributed by atoms with E-state index in [9.17, 15) is 44.7 Å². The fourth-order valence-corrected chi connectivity index (χ4v) is 1.47. The van der Waals surface area contributed by atoms with E-state index in [0.717, 1.165) is 0 Å². The van der Waals surface area contributed by atoms with Crippen molar-refractivity contribution in [2.24, 2.45) is 0 Å². The summed E-state index contributed by atoms with van der Waals surface area (Å²) >= 11 is 9.24. The van der Waals surface area contributed by atoms with Gasteiger partial charge in [0.1, 0.15) is 0 Å². The van der Waals surface area contributed by atoms with Crippen LogP contribution in [0.25, 0.3) is 0 Å². The normalized spacial score (nSPS) is 14.1. The van der Waals surface area contributed by atoms with E-state index in [1.165, 1.54) is 0 Å². The highest BCUT2D eigenvalue weighted by atomic mass is 35.5. The number of carbonyl (C=O) groups excluding carboxylic acids is 2. The molecule has 0 fully saturated rings. The smallest absolute Gasteiger partial charge is 0.281 e. The monoisotopic (exact) mass is 382 g/mol. The number of halogens is 10. The molecule has 0 aliphatic rings. The van der Waals surface area contributed by atoms with Gasteiger partial charge in [-0.3, -0.25) is 9.59 Å². The molecule has 0 saturated carbocycles. The maximum absolute atomic E-state index is 13.2. The summed E-state index contributed by atoms with van der Waals surface area (Å²) in [7, 11) is 0. The Morgan fingerprint density at radius 3 is 1.05 bits per heavy atom. The molecule has 0 aromatic carbocycles. The van der Waals surface area contributed by atoms with Crippen LogP contribution in [0, 0.1) is 0 Å². The minimum Gasteiger partial charge on any atom is -0.281 e. The van der Waals surface area contributed by atoms with E-state index >= 15 is 0 Å². The third-order valence-corrected chi connectivity index (χ3v) is 2.96. The molecule has 0 atom stereocenters. The van der Waals surface area contributed by atoms with Crippen LogP contribution < -0.4 is 0 Å². The van der Waals surface area contributed by atoms with Crippen LogP contribution in [0.4, 0.5) is 35.1 Å². The highest BCUT2D eigenvalue weighted by molar-refractivity contribution is 6.63. The zero-order chi connectivity index (χ0) is 18.0. The molecule has 0 aliphatic carbocycles. The topological polar surface area (TPSA) is 34.1 Å². The maximum Gasteiger partial charge on any atom is 0.378 e. The molecule has 2 nitrogen and oxygen atoms in total. The molecule has 12 heteroatoms. The molecule has 0 radical (unpaired) electrons. The summed E-state index contributed by atoms with van der Waals surface area (Å²) in [6.45, 7) is 0. The third-order valence-electron chi connectivity index (χ3n) is 2.58. The van der Waals surface area contributed by atoms with Crippen molar-refractivity contribution in [1.82, 2.24) is 0 Å². The van der Waals surface area contributed by atoms with E-state index in [1.807, 2.05) is 0 Å². The number of carbonyl (C=O) groups is 2. The maximum atomic E-state index is 13.2. The van der Waals surface area contributed by atoms with Gasteiger partial charge in [0, 0.05) is 25.7 Å². The lowest BCUT2D eigenvalue weighted by Crippen LogP contribution is -2.62. The van der Waals surface area contributed by atoms with E-state index in [-0.39, 0.29) is 0 Å². The quantitative estimate of drug-likeness (QED) is 0.430. The minimum absolute atomic E-state index is 1.42. The van der Waals surface area contributed by atoms with Gasteiger partial charge in [0.15, 0.2) is 0 Å². The van der Waals surface area contributed by atoms with Crippen LogP contribution >= 0.6 is 23.2 Å². The van der Waals surface area contributed by atoms with Crippen LogP contribution in [-0.2, 0) is 9.59 Å². The SMILES string of the molecule is O=C(Cl)CCC(F)(F)C(F)(F)C(F)(F)C(F)(F)CCC(=O)Cl. The molecule has 0 N–H and O–H groups in total. The Kier molecular flexibility index (Phi) is 6.66. The van der Waals surface area contributed by atoms with Crippen molar-refractivity contribution < 1.29 is 44.7 Å². The van der Waals surface area contributed by atoms with E-state index in [2.05, 4.69) is 23.2 Å². The molecule has 0 rings (SSSR count). The highest BCUT2D eigenvalue weighted by Gasteiger charge is 2.79. The van der Waals surface area contributed by atoms with Gasteiger partial charge in [0.05, 0.1) is 0 Å². The fraction of sp³-hybridized carbons (Fsp3) is 0.800. The van der Waals surface area contributed by atoms with Gasteiger partial charge in [-0.2, -0.15) is 35.1 Å². The minimum atomic E-state index is -6.48. The van der Waals surface area contributed by atoms with Gasteiger partial charge in [-0.25, -0.2) is 0 Å². The molecule has 0 aliphatic heterocycles. The number of hydrogen-bond acceptors (Lipinski definition) is 2. The Hall–Kier alpha value is -0.640. The number of hydrogen-bond donors (Lipinski definition) is 0. The first-order valence-corrected chi connectivity index (χ1v) is 6.22. The van der Waals surface area contributed by atoms with Crippen LogP contribution in [0.1, 0.15) is 25.7 Å². The second kappa shape index (κ2) is 6.86. The Morgan fingerprint density at radius 1 is 0.636 bits per heavy atom. The van der Waals surface area contributed by atoms with Gasteiger partial charge < -0.3 is 0 Å². The predicted molar refractivity (Wildman–Crippen MR) is 60.0 cm³/mol. The zero-order valence-electron chi connectivity index (χ0n) is 10.4. The van der Waals surface area contributed by atoms with Crippen molar-refractivity contribution >= 4 is 33.7 Å². The van der Waals surface area contributed by atoms with Crippen molar-refractivity contribution in [1.29, 1.82) is 0 Å². The molecule has 0 saturated heterocycles. The average molecular weight is 383 g/mol. The molecular weight excluding hydrogens is 375 g/mol. The highest BCUT2D eigenvalue weighted by Crippen LogP contribution is 2.55. The molecule has 0 unspecified atom stereocenters. The Balaban J connectivity index is 5.43. The van der Waals surface area contributed by atoms with Crippen LogP contribution in [0.2, 0.25) is 0 Å². The van der Waals surface area contributed by atoms with Crippen molar-refractivity contribution in [3.63, 3.8) is 0 Å². The molecule has 0 aromatic heterocycles. The lowest BCUT2D eigenvalue weighted by Gasteiger charge is -2.36. The molecule has 0 heterocycles.